The van der Waals surface area contributed by atoms with Crippen LogP contribution in [0.1, 0.15) is 59.4 Å². The predicted molar refractivity (Wildman–Crippen MR) is 116 cm³/mol. The average Bonchev–Trinajstić information content (AvgIpc) is 2.76. The zero-order valence-corrected chi connectivity index (χ0v) is 19.3. The van der Waals surface area contributed by atoms with Crippen LogP contribution in [0.25, 0.3) is 0 Å². The second-order valence-electron chi connectivity index (χ2n) is 7.50. The van der Waals surface area contributed by atoms with Crippen molar-refractivity contribution in [2.24, 2.45) is 5.92 Å². The van der Waals surface area contributed by atoms with Crippen LogP contribution in [0.5, 0.6) is 11.5 Å². The summed E-state index contributed by atoms with van der Waals surface area (Å²) < 4.78 is 15.8. The molecule has 2 unspecified atom stereocenters. The summed E-state index contributed by atoms with van der Waals surface area (Å²) in [6, 6.07) is 3.58. The van der Waals surface area contributed by atoms with E-state index < -0.39 is 30.1 Å². The number of benzene rings is 1. The van der Waals surface area contributed by atoms with Gasteiger partial charge in [0, 0.05) is 19.4 Å². The van der Waals surface area contributed by atoms with E-state index in [9.17, 15) is 24.3 Å². The second kappa shape index (κ2) is 13.5. The Balaban J connectivity index is 2.91. The molecule has 0 heterocycles. The van der Waals surface area contributed by atoms with Crippen LogP contribution < -0.4 is 14.8 Å². The molecule has 0 aliphatic carbocycles. The molecule has 0 spiro atoms. The number of hydrogen-bond donors (Lipinski definition) is 2. The van der Waals surface area contributed by atoms with Gasteiger partial charge in [0.1, 0.15) is 12.1 Å². The Morgan fingerprint density at radius 1 is 0.969 bits per heavy atom. The zero-order chi connectivity index (χ0) is 24.3. The van der Waals surface area contributed by atoms with Crippen molar-refractivity contribution in [3.05, 3.63) is 23.8 Å². The van der Waals surface area contributed by atoms with Gasteiger partial charge in [-0.05, 0) is 37.5 Å². The Bertz CT molecular complexity index is 807. The summed E-state index contributed by atoms with van der Waals surface area (Å²) in [5.41, 5.74) is 0.560. The molecule has 1 aromatic carbocycles. The molecule has 0 saturated heterocycles. The number of hydrogen-bond acceptors (Lipinski definition) is 8. The van der Waals surface area contributed by atoms with E-state index in [1.807, 2.05) is 6.92 Å². The SMILES string of the molecule is CCC(=O)Oc1ccc(C[C@H](NCC(C)OC(=O)C(C)CC)C(=O)O)cc1OC(=O)CC. The molecular weight excluding hydrogens is 418 g/mol. The Labute approximate surface area is 188 Å². The molecule has 0 radical (unpaired) electrons. The predicted octanol–water partition coefficient (Wildman–Crippen LogP) is 2.88. The third-order valence-electron chi connectivity index (χ3n) is 4.75. The molecule has 1 rings (SSSR count). The highest BCUT2D eigenvalue weighted by Crippen LogP contribution is 2.30. The van der Waals surface area contributed by atoms with Crippen LogP contribution in [0.3, 0.4) is 0 Å². The lowest BCUT2D eigenvalue weighted by Crippen LogP contribution is -2.43. The number of ether oxygens (including phenoxy) is 3. The van der Waals surface area contributed by atoms with Crippen LogP contribution in [0, 0.1) is 5.92 Å². The van der Waals surface area contributed by atoms with E-state index in [0.717, 1.165) is 0 Å². The molecule has 0 aromatic heterocycles. The van der Waals surface area contributed by atoms with Crippen LogP contribution in [-0.2, 0) is 30.3 Å². The Hall–Kier alpha value is -2.94. The summed E-state index contributed by atoms with van der Waals surface area (Å²) in [4.78, 5) is 47.0. The van der Waals surface area contributed by atoms with Crippen LogP contribution in [0.4, 0.5) is 0 Å². The Morgan fingerprint density at radius 3 is 2.09 bits per heavy atom. The molecule has 9 heteroatoms. The highest BCUT2D eigenvalue weighted by molar-refractivity contribution is 5.76. The molecule has 9 nitrogen and oxygen atoms in total. The van der Waals surface area contributed by atoms with E-state index in [-0.39, 0.29) is 49.2 Å². The van der Waals surface area contributed by atoms with Crippen LogP contribution >= 0.6 is 0 Å². The Kier molecular flexibility index (Phi) is 11.4. The maximum atomic E-state index is 11.9. The average molecular weight is 452 g/mol. The zero-order valence-electron chi connectivity index (χ0n) is 19.3. The molecule has 0 aliphatic rings. The smallest absolute Gasteiger partial charge is 0.321 e. The van der Waals surface area contributed by atoms with Crippen molar-refractivity contribution in [2.75, 3.05) is 6.54 Å². The lowest BCUT2D eigenvalue weighted by Gasteiger charge is -2.20. The quantitative estimate of drug-likeness (QED) is 0.343. The van der Waals surface area contributed by atoms with Crippen molar-refractivity contribution in [1.82, 2.24) is 5.32 Å². The maximum absolute atomic E-state index is 11.9. The molecule has 3 atom stereocenters. The van der Waals surface area contributed by atoms with Crippen LogP contribution in [-0.4, -0.2) is 47.7 Å². The lowest BCUT2D eigenvalue weighted by molar-refractivity contribution is -0.152. The number of rotatable bonds is 13. The topological polar surface area (TPSA) is 128 Å². The minimum absolute atomic E-state index is 0.0520. The van der Waals surface area contributed by atoms with Gasteiger partial charge in [-0.15, -0.1) is 0 Å². The van der Waals surface area contributed by atoms with Crippen LogP contribution in [0.2, 0.25) is 0 Å². The molecular formula is C23H33NO8. The van der Waals surface area contributed by atoms with Gasteiger partial charge in [0.2, 0.25) is 0 Å². The second-order valence-corrected chi connectivity index (χ2v) is 7.50. The number of esters is 3. The van der Waals surface area contributed by atoms with Gasteiger partial charge in [-0.1, -0.05) is 33.8 Å². The number of aliphatic carboxylic acids is 1. The normalized spacial score (nSPS) is 13.5. The molecule has 178 valence electrons. The third-order valence-corrected chi connectivity index (χ3v) is 4.75. The standard InChI is InChI=1S/C23H33NO8/c1-6-14(4)23(29)30-15(5)13-24-17(22(27)28)11-16-9-10-18(31-20(25)7-2)19(12-16)32-21(26)8-3/h9-10,12,14-15,17,24H,6-8,11,13H2,1-5H3,(H,27,28)/t14?,15?,17-/m0/s1. The summed E-state index contributed by atoms with van der Waals surface area (Å²) in [5.74, 6) is -2.49. The van der Waals surface area contributed by atoms with Crippen molar-refractivity contribution in [3.8, 4) is 11.5 Å². The number of carbonyl (C=O) groups is 4. The van der Waals surface area contributed by atoms with Gasteiger partial charge in [-0.3, -0.25) is 19.2 Å². The molecule has 0 amide bonds. The molecule has 0 bridgehead atoms. The van der Waals surface area contributed by atoms with Gasteiger partial charge in [0.15, 0.2) is 11.5 Å². The maximum Gasteiger partial charge on any atom is 0.321 e. The molecule has 2 N–H and O–H groups in total. The number of carboxylic acids is 1. The van der Waals surface area contributed by atoms with Crippen molar-refractivity contribution in [3.63, 3.8) is 0 Å². The van der Waals surface area contributed by atoms with Crippen molar-refractivity contribution in [1.29, 1.82) is 0 Å². The first kappa shape index (κ1) is 27.1. The molecule has 0 fully saturated rings. The first-order valence-corrected chi connectivity index (χ1v) is 10.8. The first-order chi connectivity index (χ1) is 15.1. The van der Waals surface area contributed by atoms with E-state index in [1.54, 1.807) is 33.8 Å². The highest BCUT2D eigenvalue weighted by Gasteiger charge is 2.22. The highest BCUT2D eigenvalue weighted by atomic mass is 16.6. The molecule has 32 heavy (non-hydrogen) atoms. The fraction of sp³-hybridized carbons (Fsp3) is 0.565. The third kappa shape index (κ3) is 9.05. The Morgan fingerprint density at radius 2 is 1.56 bits per heavy atom. The largest absolute Gasteiger partial charge is 0.480 e. The van der Waals surface area contributed by atoms with Gasteiger partial charge in [0.05, 0.1) is 5.92 Å². The minimum Gasteiger partial charge on any atom is -0.480 e. The van der Waals surface area contributed by atoms with Crippen molar-refractivity contribution >= 4 is 23.9 Å². The molecule has 0 aliphatic heterocycles. The first-order valence-electron chi connectivity index (χ1n) is 10.8. The fourth-order valence-electron chi connectivity index (χ4n) is 2.55. The number of carboxylic acid groups (broad SMARTS) is 1. The summed E-state index contributed by atoms with van der Waals surface area (Å²) in [7, 11) is 0. The summed E-state index contributed by atoms with van der Waals surface area (Å²) in [5, 5.41) is 12.5. The van der Waals surface area contributed by atoms with E-state index >= 15 is 0 Å². The van der Waals surface area contributed by atoms with E-state index in [2.05, 4.69) is 5.32 Å². The fourth-order valence-corrected chi connectivity index (χ4v) is 2.55. The van der Waals surface area contributed by atoms with Gasteiger partial charge < -0.3 is 24.6 Å². The monoisotopic (exact) mass is 451 g/mol. The lowest BCUT2D eigenvalue weighted by atomic mass is 10.0. The molecule has 0 saturated carbocycles. The number of nitrogens with one attached hydrogen (secondary N) is 1. The van der Waals surface area contributed by atoms with Crippen LogP contribution in [0.15, 0.2) is 18.2 Å². The van der Waals surface area contributed by atoms with E-state index in [1.165, 1.54) is 12.1 Å². The summed E-state index contributed by atoms with van der Waals surface area (Å²) >= 11 is 0. The van der Waals surface area contributed by atoms with E-state index in [0.29, 0.717) is 12.0 Å². The van der Waals surface area contributed by atoms with Crippen molar-refractivity contribution in [2.45, 2.75) is 72.4 Å². The van der Waals surface area contributed by atoms with Crippen molar-refractivity contribution < 1.29 is 38.5 Å². The number of carbonyl (C=O) groups excluding carboxylic acids is 3. The van der Waals surface area contributed by atoms with Gasteiger partial charge in [-0.25, -0.2) is 0 Å². The van der Waals surface area contributed by atoms with Gasteiger partial charge in [0.25, 0.3) is 0 Å². The minimum atomic E-state index is -1.08. The summed E-state index contributed by atoms with van der Waals surface area (Å²) in [6.45, 7) is 8.76. The van der Waals surface area contributed by atoms with Gasteiger partial charge in [-0.2, -0.15) is 0 Å². The van der Waals surface area contributed by atoms with E-state index in [4.69, 9.17) is 14.2 Å². The molecule has 1 aromatic rings. The van der Waals surface area contributed by atoms with Gasteiger partial charge >= 0.3 is 23.9 Å². The summed E-state index contributed by atoms with van der Waals surface area (Å²) in [6.07, 6.45) is 0.493.